The Kier molecular flexibility index (Phi) is 1.07. The predicted octanol–water partition coefficient (Wildman–Crippen LogP) is -0.904. The number of hydrogen-bond acceptors (Lipinski definition) is 5. The predicted molar refractivity (Wildman–Crippen MR) is 30.1 cm³/mol. The lowest BCUT2D eigenvalue weighted by atomic mass is 11.3. The monoisotopic (exact) mass is 118 g/mol. The van der Waals surface area contributed by atoms with Crippen molar-refractivity contribution in [1.82, 2.24) is 5.12 Å². The molecule has 1 rings (SSSR count). The van der Waals surface area contributed by atoms with Crippen molar-refractivity contribution in [2.24, 2.45) is 16.7 Å². The fraction of sp³-hybridized carbons (Fsp3) is 0.500. The highest BCUT2D eigenvalue weighted by molar-refractivity contribution is 8.13. The highest BCUT2D eigenvalue weighted by atomic mass is 32.2. The third-order valence-corrected chi connectivity index (χ3v) is 1.34. The third-order valence-electron chi connectivity index (χ3n) is 0.572. The highest BCUT2D eigenvalue weighted by Gasteiger charge is 2.05. The van der Waals surface area contributed by atoms with Gasteiger partial charge in [0.2, 0.25) is 0 Å². The summed E-state index contributed by atoms with van der Waals surface area (Å²) in [7, 11) is 0. The maximum atomic E-state index is 5.22. The molecule has 0 unspecified atom stereocenters. The Bertz CT molecular complexity index is 99.9. The summed E-state index contributed by atoms with van der Waals surface area (Å²) in [5, 5.41) is 5.51. The Hall–Kier alpha value is -0.420. The largest absolute Gasteiger partial charge is 0.377 e. The summed E-state index contributed by atoms with van der Waals surface area (Å²) in [5.74, 6) is 5.84. The zero-order valence-corrected chi connectivity index (χ0v) is 4.48. The molecule has 0 aliphatic carbocycles. The molecule has 0 aromatic rings. The average Bonchev–Trinajstić information content (AvgIpc) is 1.87. The lowest BCUT2D eigenvalue weighted by Crippen LogP contribution is -2.20. The molecule has 1 heterocycles. The van der Waals surface area contributed by atoms with Crippen molar-refractivity contribution < 1.29 is 0 Å². The lowest BCUT2D eigenvalue weighted by molar-refractivity contribution is 0.364. The minimum absolute atomic E-state index is 0.544. The first-order valence-electron chi connectivity index (χ1n) is 1.78. The quantitative estimate of drug-likeness (QED) is 0.404. The van der Waals surface area contributed by atoms with E-state index < -0.39 is 0 Å². The molecule has 5 heteroatoms. The maximum Gasteiger partial charge on any atom is 0.181 e. The van der Waals surface area contributed by atoms with E-state index >= 15 is 0 Å². The molecule has 4 N–H and O–H groups in total. The molecule has 0 radical (unpaired) electrons. The van der Waals surface area contributed by atoms with Crippen LogP contribution in [0.4, 0.5) is 0 Å². The van der Waals surface area contributed by atoms with Crippen LogP contribution >= 0.6 is 11.8 Å². The molecule has 0 amide bonds. The molecule has 0 fully saturated rings. The molecule has 0 spiro atoms. The SMILES string of the molecule is NC1=NN(N)CS1. The second-order valence-corrected chi connectivity index (χ2v) is 2.12. The standard InChI is InChI=1S/C2H6N4S/c3-2-5-6(4)1-7-2/h1,4H2,(H2,3,5). The van der Waals surface area contributed by atoms with Crippen molar-refractivity contribution >= 4 is 16.9 Å². The Morgan fingerprint density at radius 2 is 2.57 bits per heavy atom. The van der Waals surface area contributed by atoms with Gasteiger partial charge in [0, 0.05) is 0 Å². The van der Waals surface area contributed by atoms with Gasteiger partial charge in [-0.2, -0.15) is 0 Å². The first-order valence-corrected chi connectivity index (χ1v) is 2.77. The summed E-state index contributed by atoms with van der Waals surface area (Å²) in [5.41, 5.74) is 5.22. The Morgan fingerprint density at radius 1 is 1.86 bits per heavy atom. The van der Waals surface area contributed by atoms with E-state index in [1.54, 1.807) is 0 Å². The summed E-state index contributed by atoms with van der Waals surface area (Å²) in [4.78, 5) is 0. The van der Waals surface area contributed by atoms with Gasteiger partial charge in [0.1, 0.15) is 5.88 Å². The fourth-order valence-electron chi connectivity index (χ4n) is 0.317. The molecule has 40 valence electrons. The summed E-state index contributed by atoms with van der Waals surface area (Å²) < 4.78 is 0. The first-order chi connectivity index (χ1) is 3.29. The Labute approximate surface area is 45.5 Å². The van der Waals surface area contributed by atoms with Gasteiger partial charge in [0.15, 0.2) is 5.17 Å². The number of rotatable bonds is 0. The van der Waals surface area contributed by atoms with Crippen molar-refractivity contribution in [2.45, 2.75) is 0 Å². The molecule has 1 aliphatic rings. The van der Waals surface area contributed by atoms with E-state index in [1.807, 2.05) is 0 Å². The zero-order valence-electron chi connectivity index (χ0n) is 3.66. The molecule has 1 aliphatic heterocycles. The number of nitrogens with zero attached hydrogens (tertiary/aromatic N) is 2. The molecule has 0 saturated heterocycles. The second-order valence-electron chi connectivity index (χ2n) is 1.15. The van der Waals surface area contributed by atoms with Crippen LogP contribution < -0.4 is 11.6 Å². The van der Waals surface area contributed by atoms with E-state index in [9.17, 15) is 0 Å². The summed E-state index contributed by atoms with van der Waals surface area (Å²) in [6.45, 7) is 0. The summed E-state index contributed by atoms with van der Waals surface area (Å²) >= 11 is 1.43. The minimum Gasteiger partial charge on any atom is -0.377 e. The minimum atomic E-state index is 0.544. The molecular formula is C2H6N4S. The van der Waals surface area contributed by atoms with Gasteiger partial charge in [-0.15, -0.1) is 5.10 Å². The van der Waals surface area contributed by atoms with Crippen LogP contribution in [0.3, 0.4) is 0 Å². The average molecular weight is 118 g/mol. The van der Waals surface area contributed by atoms with E-state index in [4.69, 9.17) is 11.6 Å². The van der Waals surface area contributed by atoms with Gasteiger partial charge in [0.25, 0.3) is 0 Å². The van der Waals surface area contributed by atoms with Crippen LogP contribution in [-0.2, 0) is 0 Å². The number of nitrogens with two attached hydrogens (primary N) is 2. The van der Waals surface area contributed by atoms with E-state index in [1.165, 1.54) is 16.9 Å². The van der Waals surface area contributed by atoms with Crippen LogP contribution in [0, 0.1) is 0 Å². The van der Waals surface area contributed by atoms with Crippen LogP contribution in [0.15, 0.2) is 5.10 Å². The smallest absolute Gasteiger partial charge is 0.181 e. The molecule has 0 atom stereocenters. The third kappa shape index (κ3) is 0.971. The normalized spacial score (nSPS) is 20.1. The van der Waals surface area contributed by atoms with Gasteiger partial charge in [-0.25, -0.2) is 11.0 Å². The van der Waals surface area contributed by atoms with Crippen LogP contribution in [0.2, 0.25) is 0 Å². The topological polar surface area (TPSA) is 67.6 Å². The van der Waals surface area contributed by atoms with Crippen molar-refractivity contribution in [3.63, 3.8) is 0 Å². The molecule has 0 bridgehead atoms. The maximum absolute atomic E-state index is 5.22. The van der Waals surface area contributed by atoms with Gasteiger partial charge < -0.3 is 5.73 Å². The van der Waals surface area contributed by atoms with Crippen LogP contribution in [-0.4, -0.2) is 16.2 Å². The van der Waals surface area contributed by atoms with Crippen molar-refractivity contribution in [1.29, 1.82) is 0 Å². The van der Waals surface area contributed by atoms with Crippen molar-refractivity contribution in [3.8, 4) is 0 Å². The van der Waals surface area contributed by atoms with E-state index in [0.717, 1.165) is 0 Å². The number of hydrazone groups is 1. The second kappa shape index (κ2) is 1.59. The van der Waals surface area contributed by atoms with Crippen molar-refractivity contribution in [2.75, 3.05) is 5.88 Å². The lowest BCUT2D eigenvalue weighted by Gasteiger charge is -1.98. The number of thioether (sulfide) groups is 1. The number of hydrogen-bond donors (Lipinski definition) is 2. The molecule has 0 aromatic heterocycles. The first kappa shape index (κ1) is 4.73. The molecule has 4 nitrogen and oxygen atoms in total. The van der Waals surface area contributed by atoms with Gasteiger partial charge in [-0.1, -0.05) is 11.8 Å². The van der Waals surface area contributed by atoms with Gasteiger partial charge >= 0.3 is 0 Å². The van der Waals surface area contributed by atoms with E-state index in [0.29, 0.717) is 11.0 Å². The molecule has 7 heavy (non-hydrogen) atoms. The number of amidine groups is 1. The highest BCUT2D eigenvalue weighted by Crippen LogP contribution is 2.07. The number of hydrazine groups is 1. The Balaban J connectivity index is 2.50. The molecule has 0 aromatic carbocycles. The van der Waals surface area contributed by atoms with E-state index in [-0.39, 0.29) is 0 Å². The van der Waals surface area contributed by atoms with E-state index in [2.05, 4.69) is 5.10 Å². The fourth-order valence-corrected chi connectivity index (χ4v) is 0.801. The van der Waals surface area contributed by atoms with Crippen molar-refractivity contribution in [3.05, 3.63) is 0 Å². The van der Waals surface area contributed by atoms with Crippen LogP contribution in [0.5, 0.6) is 0 Å². The van der Waals surface area contributed by atoms with Gasteiger partial charge in [-0.3, -0.25) is 0 Å². The zero-order chi connectivity index (χ0) is 5.28. The summed E-state index contributed by atoms with van der Waals surface area (Å²) in [6.07, 6.45) is 0. The molecule has 0 saturated carbocycles. The van der Waals surface area contributed by atoms with Gasteiger partial charge in [0.05, 0.1) is 0 Å². The Morgan fingerprint density at radius 3 is 2.71 bits per heavy atom. The molecular weight excluding hydrogens is 112 g/mol. The van der Waals surface area contributed by atoms with Crippen LogP contribution in [0.1, 0.15) is 0 Å². The van der Waals surface area contributed by atoms with Gasteiger partial charge in [-0.05, 0) is 0 Å². The van der Waals surface area contributed by atoms with Crippen LogP contribution in [0.25, 0.3) is 0 Å². The summed E-state index contributed by atoms with van der Waals surface area (Å²) in [6, 6.07) is 0.